The third-order valence-corrected chi connectivity index (χ3v) is 4.04. The van der Waals surface area contributed by atoms with Gasteiger partial charge in [-0.15, -0.1) is 0 Å². The normalized spacial score (nSPS) is 10.3. The average molecular weight is 375 g/mol. The van der Waals surface area contributed by atoms with Crippen LogP contribution in [0.15, 0.2) is 40.9 Å². The quantitative estimate of drug-likeness (QED) is 0.803. The summed E-state index contributed by atoms with van der Waals surface area (Å²) >= 11 is 14.2. The maximum absolute atomic E-state index is 13.4. The molecule has 0 aliphatic heterocycles. The molecule has 0 saturated carbocycles. The molecular weight excluding hydrogens is 365 g/mol. The molecule has 2 N–H and O–H groups in total. The minimum Gasteiger partial charge on any atom is -0.488 e. The number of benzene rings is 2. The van der Waals surface area contributed by atoms with Crippen LogP contribution in [-0.4, -0.2) is 4.99 Å². The second-order valence-corrected chi connectivity index (χ2v) is 5.62. The predicted octanol–water partition coefficient (Wildman–Crippen LogP) is 4.45. The second-order valence-electron chi connectivity index (χ2n) is 3.98. The molecule has 0 unspecified atom stereocenters. The molecule has 2 aromatic carbocycles. The Morgan fingerprint density at radius 2 is 2.00 bits per heavy atom. The third kappa shape index (κ3) is 3.29. The zero-order chi connectivity index (χ0) is 14.7. The van der Waals surface area contributed by atoms with Crippen LogP contribution in [0.5, 0.6) is 5.75 Å². The molecule has 0 spiro atoms. The lowest BCUT2D eigenvalue weighted by molar-refractivity contribution is 0.304. The molecule has 0 aromatic heterocycles. The Morgan fingerprint density at radius 3 is 2.70 bits per heavy atom. The van der Waals surface area contributed by atoms with Crippen LogP contribution < -0.4 is 10.5 Å². The Kier molecular flexibility index (Phi) is 4.96. The van der Waals surface area contributed by atoms with Gasteiger partial charge in [-0.05, 0) is 34.1 Å². The molecule has 0 aliphatic carbocycles. The Labute approximate surface area is 134 Å². The maximum atomic E-state index is 13.4. The molecule has 0 fully saturated rings. The predicted molar refractivity (Wildman–Crippen MR) is 85.8 cm³/mol. The van der Waals surface area contributed by atoms with Gasteiger partial charge in [-0.1, -0.05) is 42.0 Å². The summed E-state index contributed by atoms with van der Waals surface area (Å²) in [5.41, 5.74) is 6.80. The molecule has 20 heavy (non-hydrogen) atoms. The van der Waals surface area contributed by atoms with Crippen LogP contribution in [0, 0.1) is 5.82 Å². The van der Waals surface area contributed by atoms with Crippen LogP contribution in [-0.2, 0) is 6.61 Å². The van der Waals surface area contributed by atoms with Gasteiger partial charge in [0.25, 0.3) is 0 Å². The summed E-state index contributed by atoms with van der Waals surface area (Å²) in [4.78, 5) is 0.156. The van der Waals surface area contributed by atoms with Crippen molar-refractivity contribution < 1.29 is 9.13 Å². The van der Waals surface area contributed by atoms with Crippen molar-refractivity contribution in [1.29, 1.82) is 0 Å². The molecular formula is C14H10BrClFNOS. The van der Waals surface area contributed by atoms with Gasteiger partial charge in [0, 0.05) is 5.56 Å². The first-order valence-corrected chi connectivity index (χ1v) is 7.22. The lowest BCUT2D eigenvalue weighted by atomic mass is 10.2. The first-order valence-electron chi connectivity index (χ1n) is 5.64. The fraction of sp³-hybridized carbons (Fsp3) is 0.0714. The molecule has 2 rings (SSSR count). The highest BCUT2D eigenvalue weighted by molar-refractivity contribution is 9.10. The number of hydrogen-bond donors (Lipinski definition) is 1. The van der Waals surface area contributed by atoms with E-state index >= 15 is 0 Å². The van der Waals surface area contributed by atoms with Gasteiger partial charge in [-0.2, -0.15) is 0 Å². The van der Waals surface area contributed by atoms with Gasteiger partial charge in [0.2, 0.25) is 0 Å². The van der Waals surface area contributed by atoms with E-state index in [-0.39, 0.29) is 17.4 Å². The number of thiocarbonyl (C=S) groups is 1. The molecule has 0 radical (unpaired) electrons. The van der Waals surface area contributed by atoms with E-state index in [0.717, 1.165) is 0 Å². The number of hydrogen-bond acceptors (Lipinski definition) is 2. The number of rotatable bonds is 4. The van der Waals surface area contributed by atoms with E-state index in [1.54, 1.807) is 30.3 Å². The lowest BCUT2D eigenvalue weighted by Gasteiger charge is -2.13. The largest absolute Gasteiger partial charge is 0.488 e. The van der Waals surface area contributed by atoms with Crippen molar-refractivity contribution in [2.45, 2.75) is 6.61 Å². The highest BCUT2D eigenvalue weighted by Crippen LogP contribution is 2.28. The summed E-state index contributed by atoms with van der Waals surface area (Å²) < 4.78 is 19.4. The molecule has 0 saturated heterocycles. The van der Waals surface area contributed by atoms with Crippen LogP contribution in [0.25, 0.3) is 0 Å². The van der Waals surface area contributed by atoms with Gasteiger partial charge in [-0.3, -0.25) is 0 Å². The van der Waals surface area contributed by atoms with Gasteiger partial charge in [0.15, 0.2) is 0 Å². The van der Waals surface area contributed by atoms with Crippen LogP contribution in [0.3, 0.4) is 0 Å². The lowest BCUT2D eigenvalue weighted by Crippen LogP contribution is -2.12. The minimum atomic E-state index is -0.341. The van der Waals surface area contributed by atoms with E-state index in [1.165, 1.54) is 6.07 Å². The van der Waals surface area contributed by atoms with E-state index in [2.05, 4.69) is 15.9 Å². The summed E-state index contributed by atoms with van der Waals surface area (Å²) in [6.07, 6.45) is 0. The van der Waals surface area contributed by atoms with E-state index in [0.29, 0.717) is 26.4 Å². The zero-order valence-electron chi connectivity index (χ0n) is 10.2. The standard InChI is InChI=1S/C14H10BrClFNOS/c15-13-8(3-1-5-10(13)17)7-19-11-6-2-4-9(16)12(11)14(18)20/h1-6H,7H2,(H2,18,20). The van der Waals surface area contributed by atoms with Gasteiger partial charge in [0.1, 0.15) is 23.2 Å². The molecule has 2 aromatic rings. The molecule has 0 aliphatic rings. The summed E-state index contributed by atoms with van der Waals surface area (Å²) in [7, 11) is 0. The zero-order valence-corrected chi connectivity index (χ0v) is 13.4. The smallest absolute Gasteiger partial charge is 0.137 e. The van der Waals surface area contributed by atoms with Gasteiger partial charge in [0.05, 0.1) is 15.1 Å². The first kappa shape index (κ1) is 15.2. The number of nitrogens with two attached hydrogens (primary N) is 1. The van der Waals surface area contributed by atoms with Crippen molar-refractivity contribution in [1.82, 2.24) is 0 Å². The Bertz CT molecular complexity index is 666. The SMILES string of the molecule is NC(=S)c1c(Cl)cccc1OCc1cccc(F)c1Br. The number of halogens is 3. The van der Waals surface area contributed by atoms with Crippen molar-refractivity contribution >= 4 is 44.7 Å². The molecule has 0 amide bonds. The van der Waals surface area contributed by atoms with E-state index in [1.807, 2.05) is 0 Å². The minimum absolute atomic E-state index is 0.156. The van der Waals surface area contributed by atoms with E-state index in [4.69, 9.17) is 34.3 Å². The van der Waals surface area contributed by atoms with Gasteiger partial charge in [-0.25, -0.2) is 4.39 Å². The molecule has 0 heterocycles. The fourth-order valence-electron chi connectivity index (χ4n) is 1.68. The average Bonchev–Trinajstić information content (AvgIpc) is 2.40. The Balaban J connectivity index is 2.26. The molecule has 6 heteroatoms. The van der Waals surface area contributed by atoms with Crippen LogP contribution in [0.4, 0.5) is 4.39 Å². The fourth-order valence-corrected chi connectivity index (χ4v) is 2.59. The summed E-state index contributed by atoms with van der Waals surface area (Å²) in [6.45, 7) is 0.175. The second kappa shape index (κ2) is 6.52. The van der Waals surface area contributed by atoms with Gasteiger partial charge >= 0.3 is 0 Å². The maximum Gasteiger partial charge on any atom is 0.137 e. The molecule has 104 valence electrons. The topological polar surface area (TPSA) is 35.2 Å². The van der Waals surface area contributed by atoms with Crippen LogP contribution in [0.1, 0.15) is 11.1 Å². The van der Waals surface area contributed by atoms with Crippen LogP contribution >= 0.6 is 39.7 Å². The first-order chi connectivity index (χ1) is 9.50. The summed E-state index contributed by atoms with van der Waals surface area (Å²) in [5, 5.41) is 0.424. The van der Waals surface area contributed by atoms with Crippen LogP contribution in [0.2, 0.25) is 5.02 Å². The van der Waals surface area contributed by atoms with Crippen molar-refractivity contribution in [2.24, 2.45) is 5.73 Å². The van der Waals surface area contributed by atoms with Gasteiger partial charge < -0.3 is 10.5 Å². The molecule has 0 atom stereocenters. The highest BCUT2D eigenvalue weighted by Gasteiger charge is 2.12. The van der Waals surface area contributed by atoms with E-state index in [9.17, 15) is 4.39 Å². The monoisotopic (exact) mass is 373 g/mol. The Hall–Kier alpha value is -1.17. The van der Waals surface area contributed by atoms with E-state index < -0.39 is 0 Å². The molecule has 2 nitrogen and oxygen atoms in total. The van der Waals surface area contributed by atoms with Crippen molar-refractivity contribution in [3.05, 3.63) is 62.8 Å². The molecule has 0 bridgehead atoms. The summed E-state index contributed by atoms with van der Waals surface area (Å²) in [5.74, 6) is 0.132. The summed E-state index contributed by atoms with van der Waals surface area (Å²) in [6, 6.07) is 9.88. The number of ether oxygens (including phenoxy) is 1. The van der Waals surface area contributed by atoms with Crippen molar-refractivity contribution in [3.8, 4) is 5.75 Å². The van der Waals surface area contributed by atoms with Crippen molar-refractivity contribution in [3.63, 3.8) is 0 Å². The van der Waals surface area contributed by atoms with Crippen molar-refractivity contribution in [2.75, 3.05) is 0 Å². The Morgan fingerprint density at radius 1 is 1.30 bits per heavy atom. The highest BCUT2D eigenvalue weighted by atomic mass is 79.9. The third-order valence-electron chi connectivity index (χ3n) is 2.64.